The van der Waals surface area contributed by atoms with Crippen molar-refractivity contribution in [3.8, 4) is 0 Å². The second kappa shape index (κ2) is 2.82. The van der Waals surface area contributed by atoms with E-state index >= 15 is 0 Å². The fraction of sp³-hybridized carbons (Fsp3) is 0.125. The molecule has 0 saturated carbocycles. The Balaban J connectivity index is 3.03. The summed E-state index contributed by atoms with van der Waals surface area (Å²) in [5.41, 5.74) is 0.938. The van der Waals surface area contributed by atoms with E-state index in [0.29, 0.717) is 11.1 Å². The molecule has 52 valence electrons. The molecule has 0 aliphatic heterocycles. The molecule has 1 aromatic rings. The third-order valence-corrected chi connectivity index (χ3v) is 1.32. The lowest BCUT2D eigenvalue weighted by Crippen LogP contribution is -1.94. The van der Waals surface area contributed by atoms with Crippen LogP contribution in [-0.4, -0.2) is 5.11 Å². The molecule has 0 aliphatic carbocycles. The van der Waals surface area contributed by atoms with Gasteiger partial charge in [-0.05, 0) is 12.5 Å². The largest absolute Gasteiger partial charge is 0.362 e. The predicted molar refractivity (Wildman–Crippen MR) is 36.5 cm³/mol. The molecule has 1 aromatic carbocycles. The van der Waals surface area contributed by atoms with E-state index in [4.69, 9.17) is 5.11 Å². The van der Waals surface area contributed by atoms with E-state index < -0.39 is 6.29 Å². The molecular formula is C8H8O2. The van der Waals surface area contributed by atoms with Crippen LogP contribution >= 0.6 is 0 Å². The summed E-state index contributed by atoms with van der Waals surface area (Å²) in [6, 6.07) is 6.73. The van der Waals surface area contributed by atoms with E-state index in [2.05, 4.69) is 6.92 Å². The van der Waals surface area contributed by atoms with Gasteiger partial charge in [-0.25, -0.2) is 0 Å². The number of aliphatic hydroxyl groups excluding tert-OH is 1. The Hall–Kier alpha value is -0.860. The quantitative estimate of drug-likeness (QED) is 0.580. The molecule has 1 unspecified atom stereocenters. The highest BCUT2D eigenvalue weighted by Gasteiger charge is 2.05. The Morgan fingerprint density at radius 2 is 2.00 bits per heavy atom. The Morgan fingerprint density at radius 1 is 1.40 bits per heavy atom. The first kappa shape index (κ1) is 7.25. The summed E-state index contributed by atoms with van der Waals surface area (Å²) in [5.74, 6) is 0. The van der Waals surface area contributed by atoms with Crippen molar-refractivity contribution >= 4 is 0 Å². The fourth-order valence-electron chi connectivity index (χ4n) is 0.775. The highest BCUT2D eigenvalue weighted by molar-refractivity contribution is 5.29. The van der Waals surface area contributed by atoms with Gasteiger partial charge in [0.25, 0.3) is 0 Å². The number of aliphatic hydroxyl groups is 1. The van der Waals surface area contributed by atoms with E-state index in [-0.39, 0.29) is 0 Å². The van der Waals surface area contributed by atoms with Crippen molar-refractivity contribution < 1.29 is 10.2 Å². The van der Waals surface area contributed by atoms with Crippen LogP contribution in [0, 0.1) is 6.92 Å². The highest BCUT2D eigenvalue weighted by atomic mass is 16.5. The van der Waals surface area contributed by atoms with E-state index in [0.717, 1.165) is 0 Å². The van der Waals surface area contributed by atoms with Gasteiger partial charge in [-0.3, -0.25) is 0 Å². The standard InChI is InChI=1S/C8H8O2/c1-6-4-2-3-5-7(6)8(9)10/h2-5,8-9H,1H2. The monoisotopic (exact) mass is 136 g/mol. The summed E-state index contributed by atoms with van der Waals surface area (Å²) in [6.07, 6.45) is -1.66. The minimum absolute atomic E-state index is 0.350. The number of hydrogen-bond donors (Lipinski definition) is 1. The lowest BCUT2D eigenvalue weighted by molar-refractivity contribution is -0.0953. The van der Waals surface area contributed by atoms with Gasteiger partial charge in [0.2, 0.25) is 6.29 Å². The summed E-state index contributed by atoms with van der Waals surface area (Å²) in [7, 11) is 0. The maximum Gasteiger partial charge on any atom is 0.215 e. The second-order valence-corrected chi connectivity index (χ2v) is 2.05. The van der Waals surface area contributed by atoms with Crippen LogP contribution in [0.2, 0.25) is 0 Å². The molecule has 1 atom stereocenters. The van der Waals surface area contributed by atoms with Gasteiger partial charge in [-0.1, -0.05) is 24.3 Å². The first-order valence-corrected chi connectivity index (χ1v) is 2.96. The van der Waals surface area contributed by atoms with Crippen molar-refractivity contribution in [2.75, 3.05) is 0 Å². The van der Waals surface area contributed by atoms with Crippen molar-refractivity contribution in [3.05, 3.63) is 42.3 Å². The molecular weight excluding hydrogens is 128 g/mol. The summed E-state index contributed by atoms with van der Waals surface area (Å²) >= 11 is 0. The van der Waals surface area contributed by atoms with Crippen LogP contribution in [0.3, 0.4) is 0 Å². The molecule has 0 aromatic heterocycles. The molecule has 0 bridgehead atoms. The van der Waals surface area contributed by atoms with Crippen LogP contribution in [-0.2, 0) is 5.11 Å². The summed E-state index contributed by atoms with van der Waals surface area (Å²) in [4.78, 5) is 0. The lowest BCUT2D eigenvalue weighted by atomic mass is 10.1. The number of rotatable bonds is 1. The van der Waals surface area contributed by atoms with Gasteiger partial charge >= 0.3 is 0 Å². The molecule has 1 rings (SSSR count). The van der Waals surface area contributed by atoms with Crippen molar-refractivity contribution in [1.82, 2.24) is 0 Å². The molecule has 2 heteroatoms. The summed E-state index contributed by atoms with van der Waals surface area (Å²) in [5, 5.41) is 19.1. The smallest absolute Gasteiger partial charge is 0.215 e. The van der Waals surface area contributed by atoms with E-state index in [1.54, 1.807) is 24.3 Å². The minimum Gasteiger partial charge on any atom is -0.362 e. The summed E-state index contributed by atoms with van der Waals surface area (Å²) in [6.45, 7) is 3.58. The second-order valence-electron chi connectivity index (χ2n) is 2.05. The van der Waals surface area contributed by atoms with E-state index in [9.17, 15) is 5.11 Å². The number of hydrogen-bond acceptors (Lipinski definition) is 1. The third-order valence-electron chi connectivity index (χ3n) is 1.32. The SMILES string of the molecule is [CH2]c1ccccc1C([O])O. The van der Waals surface area contributed by atoms with Gasteiger partial charge in [-0.15, -0.1) is 0 Å². The van der Waals surface area contributed by atoms with Crippen LogP contribution in [0.25, 0.3) is 0 Å². The van der Waals surface area contributed by atoms with Gasteiger partial charge in [0.05, 0.1) is 0 Å². The lowest BCUT2D eigenvalue weighted by Gasteiger charge is -2.03. The minimum atomic E-state index is -1.66. The molecule has 10 heavy (non-hydrogen) atoms. The fourth-order valence-corrected chi connectivity index (χ4v) is 0.775. The van der Waals surface area contributed by atoms with Gasteiger partial charge in [0.15, 0.2) is 0 Å². The predicted octanol–water partition coefficient (Wildman–Crippen LogP) is 1.29. The van der Waals surface area contributed by atoms with Crippen molar-refractivity contribution in [2.45, 2.75) is 6.29 Å². The first-order chi connectivity index (χ1) is 4.72. The average molecular weight is 136 g/mol. The van der Waals surface area contributed by atoms with Gasteiger partial charge in [0, 0.05) is 5.56 Å². The van der Waals surface area contributed by atoms with Crippen LogP contribution in [0.1, 0.15) is 17.4 Å². The Kier molecular flexibility index (Phi) is 2.04. The highest BCUT2D eigenvalue weighted by Crippen LogP contribution is 2.13. The third kappa shape index (κ3) is 1.35. The van der Waals surface area contributed by atoms with E-state index in [1.807, 2.05) is 0 Å². The zero-order chi connectivity index (χ0) is 7.56. The van der Waals surface area contributed by atoms with Crippen LogP contribution < -0.4 is 0 Å². The van der Waals surface area contributed by atoms with Crippen LogP contribution in [0.15, 0.2) is 24.3 Å². The molecule has 0 aliphatic rings. The Bertz CT molecular complexity index is 218. The molecule has 2 radical (unpaired) electrons. The van der Waals surface area contributed by atoms with Gasteiger partial charge in [-0.2, -0.15) is 5.11 Å². The zero-order valence-corrected chi connectivity index (χ0v) is 5.45. The first-order valence-electron chi connectivity index (χ1n) is 2.96. The van der Waals surface area contributed by atoms with Crippen molar-refractivity contribution in [1.29, 1.82) is 0 Å². The number of benzene rings is 1. The molecule has 0 heterocycles. The zero-order valence-electron chi connectivity index (χ0n) is 5.45. The Labute approximate surface area is 59.7 Å². The van der Waals surface area contributed by atoms with Crippen molar-refractivity contribution in [2.24, 2.45) is 0 Å². The van der Waals surface area contributed by atoms with Gasteiger partial charge < -0.3 is 5.11 Å². The maximum atomic E-state index is 10.5. The Morgan fingerprint density at radius 3 is 2.40 bits per heavy atom. The molecule has 1 N–H and O–H groups in total. The van der Waals surface area contributed by atoms with E-state index in [1.165, 1.54) is 0 Å². The molecule has 0 saturated heterocycles. The topological polar surface area (TPSA) is 40.1 Å². The van der Waals surface area contributed by atoms with Gasteiger partial charge in [0.1, 0.15) is 0 Å². The molecule has 0 spiro atoms. The normalized spacial score (nSPS) is 10.4. The van der Waals surface area contributed by atoms with Crippen LogP contribution in [0.5, 0.6) is 0 Å². The summed E-state index contributed by atoms with van der Waals surface area (Å²) < 4.78 is 0. The maximum absolute atomic E-state index is 10.5. The van der Waals surface area contributed by atoms with Crippen LogP contribution in [0.4, 0.5) is 0 Å². The molecule has 2 nitrogen and oxygen atoms in total. The average Bonchev–Trinajstić information content (AvgIpc) is 1.88. The molecule has 0 fully saturated rings. The molecule has 0 amide bonds. The van der Waals surface area contributed by atoms with Crippen molar-refractivity contribution in [3.63, 3.8) is 0 Å².